The summed E-state index contributed by atoms with van der Waals surface area (Å²) >= 11 is 0. The van der Waals surface area contributed by atoms with Gasteiger partial charge in [-0.3, -0.25) is 4.90 Å². The van der Waals surface area contributed by atoms with Crippen LogP contribution in [-0.2, 0) is 6.61 Å². The Morgan fingerprint density at radius 1 is 1.03 bits per heavy atom. The van der Waals surface area contributed by atoms with E-state index in [1.54, 1.807) is 29.2 Å². The fraction of sp³-hybridized carbons (Fsp3) is 0.269. The van der Waals surface area contributed by atoms with Crippen LogP contribution in [0.3, 0.4) is 0 Å². The number of urea groups is 1. The molecule has 1 aliphatic rings. The van der Waals surface area contributed by atoms with Gasteiger partial charge in [-0.25, -0.2) is 9.18 Å². The fourth-order valence-electron chi connectivity index (χ4n) is 4.39. The van der Waals surface area contributed by atoms with Gasteiger partial charge in [0.15, 0.2) is 0 Å². The van der Waals surface area contributed by atoms with E-state index in [-0.39, 0.29) is 30.2 Å². The number of phenolic OH excluding ortho intramolecular Hbond substituents is 1. The van der Waals surface area contributed by atoms with Crippen LogP contribution in [0.1, 0.15) is 48.1 Å². The summed E-state index contributed by atoms with van der Waals surface area (Å²) in [5, 5.41) is 33.6. The Kier molecular flexibility index (Phi) is 6.91. The van der Waals surface area contributed by atoms with Crippen molar-refractivity contribution in [1.29, 1.82) is 0 Å². The third-order valence-electron chi connectivity index (χ3n) is 6.06. The third kappa shape index (κ3) is 4.99. The van der Waals surface area contributed by atoms with Gasteiger partial charge in [0.25, 0.3) is 0 Å². The van der Waals surface area contributed by atoms with Crippen LogP contribution in [0.15, 0.2) is 72.8 Å². The zero-order valence-electron chi connectivity index (χ0n) is 18.1. The normalized spacial score (nSPS) is 18.9. The molecule has 2 amide bonds. The molecule has 0 aliphatic carbocycles. The van der Waals surface area contributed by atoms with E-state index in [1.165, 1.54) is 18.2 Å². The van der Waals surface area contributed by atoms with Gasteiger partial charge < -0.3 is 20.6 Å². The van der Waals surface area contributed by atoms with Crippen molar-refractivity contribution in [3.8, 4) is 5.75 Å². The molecule has 0 spiro atoms. The topological polar surface area (TPSA) is 93.0 Å². The second-order valence-corrected chi connectivity index (χ2v) is 8.26. The van der Waals surface area contributed by atoms with Crippen LogP contribution in [0, 0.1) is 5.82 Å². The molecule has 1 aliphatic heterocycles. The van der Waals surface area contributed by atoms with Crippen molar-refractivity contribution in [2.45, 2.75) is 44.1 Å². The maximum Gasteiger partial charge on any atom is 0.322 e. The number of aliphatic hydroxyl groups excluding tert-OH is 2. The van der Waals surface area contributed by atoms with Crippen LogP contribution in [0.4, 0.5) is 14.9 Å². The van der Waals surface area contributed by atoms with Gasteiger partial charge in [0.05, 0.1) is 24.8 Å². The van der Waals surface area contributed by atoms with E-state index in [9.17, 15) is 24.5 Å². The van der Waals surface area contributed by atoms with E-state index in [0.717, 1.165) is 0 Å². The van der Waals surface area contributed by atoms with E-state index in [0.29, 0.717) is 41.6 Å². The largest absolute Gasteiger partial charge is 0.508 e. The number of phenols is 1. The third-order valence-corrected chi connectivity index (χ3v) is 6.06. The smallest absolute Gasteiger partial charge is 0.322 e. The van der Waals surface area contributed by atoms with Crippen molar-refractivity contribution in [3.05, 3.63) is 95.3 Å². The monoisotopic (exact) mass is 450 g/mol. The van der Waals surface area contributed by atoms with E-state index in [4.69, 9.17) is 0 Å². The Morgan fingerprint density at radius 2 is 1.76 bits per heavy atom. The molecule has 1 unspecified atom stereocenters. The molecule has 1 saturated heterocycles. The molecule has 0 saturated carbocycles. The number of benzene rings is 3. The highest BCUT2D eigenvalue weighted by molar-refractivity contribution is 5.96. The lowest BCUT2D eigenvalue weighted by atomic mass is 9.92. The summed E-state index contributed by atoms with van der Waals surface area (Å²) in [7, 11) is 0. The molecule has 3 aromatic rings. The number of hydrogen-bond acceptors (Lipinski definition) is 4. The second-order valence-electron chi connectivity index (χ2n) is 8.26. The Labute approximate surface area is 191 Å². The number of aromatic hydroxyl groups is 1. The SMILES string of the molecule is O=C1N[C@H](CCCC(O)c2ccc(F)cc2)[C@@H](c2ccc(CO)cc2O)N1c1ccccc1. The first-order valence-electron chi connectivity index (χ1n) is 11.0. The average molecular weight is 451 g/mol. The molecule has 1 fully saturated rings. The molecular formula is C26H27FN2O4. The highest BCUT2D eigenvalue weighted by Gasteiger charge is 2.42. The number of para-hydroxylation sites is 1. The highest BCUT2D eigenvalue weighted by Crippen LogP contribution is 2.40. The summed E-state index contributed by atoms with van der Waals surface area (Å²) in [4.78, 5) is 14.6. The number of hydrogen-bond donors (Lipinski definition) is 4. The Morgan fingerprint density at radius 3 is 2.42 bits per heavy atom. The number of amides is 2. The zero-order valence-corrected chi connectivity index (χ0v) is 18.1. The number of rotatable bonds is 8. The molecular weight excluding hydrogens is 423 g/mol. The highest BCUT2D eigenvalue weighted by atomic mass is 19.1. The van der Waals surface area contributed by atoms with Crippen molar-refractivity contribution < 1.29 is 24.5 Å². The lowest BCUT2D eigenvalue weighted by molar-refractivity contribution is 0.162. The summed E-state index contributed by atoms with van der Waals surface area (Å²) in [5.41, 5.74) is 2.52. The first-order chi connectivity index (χ1) is 16.0. The molecule has 172 valence electrons. The van der Waals surface area contributed by atoms with Gasteiger partial charge in [-0.2, -0.15) is 0 Å². The van der Waals surface area contributed by atoms with Crippen molar-refractivity contribution in [3.63, 3.8) is 0 Å². The number of aliphatic hydroxyl groups is 2. The number of carbonyl (C=O) groups excluding carboxylic acids is 1. The first-order valence-corrected chi connectivity index (χ1v) is 11.0. The van der Waals surface area contributed by atoms with Crippen LogP contribution in [0.5, 0.6) is 5.75 Å². The Hall–Kier alpha value is -3.42. The van der Waals surface area contributed by atoms with E-state index in [1.807, 2.05) is 30.3 Å². The van der Waals surface area contributed by atoms with Crippen LogP contribution >= 0.6 is 0 Å². The van der Waals surface area contributed by atoms with Gasteiger partial charge in [0.1, 0.15) is 11.6 Å². The van der Waals surface area contributed by atoms with Gasteiger partial charge in [-0.15, -0.1) is 0 Å². The molecule has 1 heterocycles. The molecule has 7 heteroatoms. The summed E-state index contributed by atoms with van der Waals surface area (Å²) in [6.45, 7) is -0.192. The van der Waals surface area contributed by atoms with Gasteiger partial charge in [0, 0.05) is 11.3 Å². The minimum atomic E-state index is -0.733. The minimum Gasteiger partial charge on any atom is -0.508 e. The maximum atomic E-state index is 13.1. The Bertz CT molecular complexity index is 1090. The second kappa shape index (κ2) is 10.0. The zero-order chi connectivity index (χ0) is 23.4. The van der Waals surface area contributed by atoms with Crippen LogP contribution in [-0.4, -0.2) is 27.4 Å². The number of carbonyl (C=O) groups is 1. The van der Waals surface area contributed by atoms with Gasteiger partial charge in [-0.1, -0.05) is 42.5 Å². The summed E-state index contributed by atoms with van der Waals surface area (Å²) in [6, 6.07) is 19.0. The van der Waals surface area contributed by atoms with Crippen LogP contribution in [0.25, 0.3) is 0 Å². The summed E-state index contributed by atoms with van der Waals surface area (Å²) < 4.78 is 13.1. The van der Waals surface area contributed by atoms with Crippen molar-refractivity contribution in [2.24, 2.45) is 0 Å². The van der Waals surface area contributed by atoms with Crippen molar-refractivity contribution in [1.82, 2.24) is 5.32 Å². The quantitative estimate of drug-likeness (QED) is 0.405. The standard InChI is InChI=1S/C26H27FN2O4/c27-19-12-10-18(11-13-19)23(31)8-4-7-22-25(21-14-9-17(16-30)15-24(21)32)29(26(33)28-22)20-5-2-1-3-6-20/h1-3,5-6,9-15,22-23,25,30-32H,4,7-8,16H2,(H,28,33)/t22-,23?,25-/m1/s1. The molecule has 4 rings (SSSR count). The molecule has 0 aromatic heterocycles. The molecule has 3 atom stereocenters. The molecule has 3 aromatic carbocycles. The molecule has 33 heavy (non-hydrogen) atoms. The average Bonchev–Trinajstić information content (AvgIpc) is 3.15. The predicted octanol–water partition coefficient (Wildman–Crippen LogP) is 4.57. The lowest BCUT2D eigenvalue weighted by Crippen LogP contribution is -2.29. The minimum absolute atomic E-state index is 0.0142. The number of anilines is 1. The van der Waals surface area contributed by atoms with Crippen molar-refractivity contribution >= 4 is 11.7 Å². The van der Waals surface area contributed by atoms with Crippen molar-refractivity contribution in [2.75, 3.05) is 4.90 Å². The van der Waals surface area contributed by atoms with Crippen LogP contribution < -0.4 is 10.2 Å². The molecule has 4 N–H and O–H groups in total. The van der Waals surface area contributed by atoms with E-state index < -0.39 is 12.1 Å². The molecule has 0 radical (unpaired) electrons. The lowest BCUT2D eigenvalue weighted by Gasteiger charge is -2.28. The van der Waals surface area contributed by atoms with Crippen LogP contribution in [0.2, 0.25) is 0 Å². The maximum absolute atomic E-state index is 13.1. The molecule has 0 bridgehead atoms. The first kappa shape index (κ1) is 22.8. The number of halogens is 1. The fourth-order valence-corrected chi connectivity index (χ4v) is 4.39. The number of nitrogens with one attached hydrogen (secondary N) is 1. The van der Waals surface area contributed by atoms with Gasteiger partial charge in [0.2, 0.25) is 0 Å². The Balaban J connectivity index is 1.55. The summed E-state index contributed by atoms with van der Waals surface area (Å²) in [6.07, 6.45) is 0.895. The van der Waals surface area contributed by atoms with Gasteiger partial charge >= 0.3 is 6.03 Å². The van der Waals surface area contributed by atoms with E-state index in [2.05, 4.69) is 5.32 Å². The predicted molar refractivity (Wildman–Crippen MR) is 123 cm³/mol. The van der Waals surface area contributed by atoms with Gasteiger partial charge in [-0.05, 0) is 60.7 Å². The molecule has 6 nitrogen and oxygen atoms in total. The van der Waals surface area contributed by atoms with E-state index >= 15 is 0 Å². The number of nitrogens with zero attached hydrogens (tertiary/aromatic N) is 1. The summed E-state index contributed by atoms with van der Waals surface area (Å²) in [5.74, 6) is -0.337.